The summed E-state index contributed by atoms with van der Waals surface area (Å²) in [7, 11) is -1.17. The maximum atomic E-state index is 12.5. The summed E-state index contributed by atoms with van der Waals surface area (Å²) in [4.78, 5) is 15.2. The number of aryl methyl sites for hydroxylation is 1. The molecule has 4 nitrogen and oxygen atoms in total. The molecule has 0 bridgehead atoms. The van der Waals surface area contributed by atoms with Gasteiger partial charge in [0, 0.05) is 18.0 Å². The average Bonchev–Trinajstić information content (AvgIpc) is 2.87. The number of carbonyl (C=O) groups excluding carboxylic acids is 1. The van der Waals surface area contributed by atoms with E-state index in [0.29, 0.717) is 11.5 Å². The lowest BCUT2D eigenvalue weighted by molar-refractivity contribution is 0.0728. The monoisotopic (exact) mass is 345 g/mol. The summed E-state index contributed by atoms with van der Waals surface area (Å²) in [5.74, 6) is 1.19. The van der Waals surface area contributed by atoms with Crippen LogP contribution in [0.25, 0.3) is 0 Å². The third-order valence-corrected chi connectivity index (χ3v) is 5.87. The first-order valence-corrected chi connectivity index (χ1v) is 9.79. The first kappa shape index (κ1) is 17.0. The molecule has 1 amide bonds. The molecule has 0 aliphatic carbocycles. The van der Waals surface area contributed by atoms with Crippen LogP contribution in [0.3, 0.4) is 0 Å². The summed E-state index contributed by atoms with van der Waals surface area (Å²) in [6, 6.07) is 11.1. The number of hydrogen-bond acceptors (Lipinski definition) is 3. The van der Waals surface area contributed by atoms with Gasteiger partial charge in [-0.15, -0.1) is 0 Å². The molecular formula is C19H23NO3S. The first-order valence-electron chi connectivity index (χ1n) is 8.47. The van der Waals surface area contributed by atoms with Gasteiger partial charge in [0.05, 0.1) is 16.6 Å². The largest absolute Gasteiger partial charge is 0.455 e. The van der Waals surface area contributed by atoms with Gasteiger partial charge in [-0.05, 0) is 43.5 Å². The number of hydrogen-bond donors (Lipinski definition) is 0. The lowest BCUT2D eigenvalue weighted by Crippen LogP contribution is -2.31. The maximum Gasteiger partial charge on any atom is 0.289 e. The molecule has 1 aliphatic heterocycles. The van der Waals surface area contributed by atoms with E-state index in [1.54, 1.807) is 12.1 Å². The molecule has 0 spiro atoms. The number of benzene rings is 1. The second-order valence-corrected chi connectivity index (χ2v) is 7.65. The number of likely N-dealkylation sites (tertiary alicyclic amines) is 1. The van der Waals surface area contributed by atoms with Crippen molar-refractivity contribution in [2.75, 3.05) is 13.1 Å². The number of furan rings is 1. The van der Waals surface area contributed by atoms with Gasteiger partial charge in [0.25, 0.3) is 5.91 Å². The Morgan fingerprint density at radius 2 is 1.79 bits per heavy atom. The van der Waals surface area contributed by atoms with Crippen LogP contribution in [0.15, 0.2) is 45.7 Å². The molecule has 0 radical (unpaired) electrons. The van der Waals surface area contributed by atoms with Crippen molar-refractivity contribution in [3.05, 3.63) is 53.5 Å². The van der Waals surface area contributed by atoms with E-state index in [1.807, 2.05) is 36.1 Å². The molecule has 24 heavy (non-hydrogen) atoms. The molecule has 1 unspecified atom stereocenters. The zero-order valence-electron chi connectivity index (χ0n) is 14.0. The van der Waals surface area contributed by atoms with Crippen molar-refractivity contribution >= 4 is 16.7 Å². The van der Waals surface area contributed by atoms with Crippen molar-refractivity contribution in [2.45, 2.75) is 43.3 Å². The van der Waals surface area contributed by atoms with Crippen LogP contribution in [-0.4, -0.2) is 28.1 Å². The van der Waals surface area contributed by atoms with E-state index >= 15 is 0 Å². The first-order chi connectivity index (χ1) is 11.6. The Labute approximate surface area is 145 Å². The van der Waals surface area contributed by atoms with E-state index in [1.165, 1.54) is 12.8 Å². The second-order valence-electron chi connectivity index (χ2n) is 6.23. The molecule has 1 saturated heterocycles. The van der Waals surface area contributed by atoms with Crippen LogP contribution in [0.1, 0.15) is 47.6 Å². The van der Waals surface area contributed by atoms with Gasteiger partial charge < -0.3 is 9.32 Å². The predicted molar refractivity (Wildman–Crippen MR) is 94.4 cm³/mol. The fourth-order valence-electron chi connectivity index (χ4n) is 3.02. The van der Waals surface area contributed by atoms with E-state index in [-0.39, 0.29) is 11.7 Å². The molecule has 0 N–H and O–H groups in total. The quantitative estimate of drug-likeness (QED) is 0.844. The Hall–Kier alpha value is -1.88. The molecule has 1 aromatic carbocycles. The topological polar surface area (TPSA) is 50.5 Å². The molecule has 1 fully saturated rings. The predicted octanol–water partition coefficient (Wildman–Crippen LogP) is 3.91. The highest BCUT2D eigenvalue weighted by Crippen LogP contribution is 2.19. The fraction of sp³-hybridized carbons (Fsp3) is 0.421. The Morgan fingerprint density at radius 3 is 2.50 bits per heavy atom. The normalized spacial score (nSPS) is 16.6. The number of rotatable bonds is 4. The summed E-state index contributed by atoms with van der Waals surface area (Å²) >= 11 is 0. The SMILES string of the molecule is Cc1ccccc1S(=O)Cc1ccc(C(=O)N2CCCCCC2)o1. The lowest BCUT2D eigenvalue weighted by atomic mass is 10.2. The zero-order chi connectivity index (χ0) is 16.9. The summed E-state index contributed by atoms with van der Waals surface area (Å²) < 4.78 is 18.2. The number of nitrogens with zero attached hydrogens (tertiary/aromatic N) is 1. The van der Waals surface area contributed by atoms with Gasteiger partial charge in [0.15, 0.2) is 5.76 Å². The summed E-state index contributed by atoms with van der Waals surface area (Å²) in [5.41, 5.74) is 1.00. The van der Waals surface area contributed by atoms with Gasteiger partial charge in [0.2, 0.25) is 0 Å². The summed E-state index contributed by atoms with van der Waals surface area (Å²) in [6.45, 7) is 3.54. The molecular weight excluding hydrogens is 322 g/mol. The fourth-order valence-corrected chi connectivity index (χ4v) is 4.25. The molecule has 3 rings (SSSR count). The van der Waals surface area contributed by atoms with Crippen LogP contribution in [-0.2, 0) is 16.6 Å². The minimum Gasteiger partial charge on any atom is -0.455 e. The molecule has 1 aliphatic rings. The molecule has 0 saturated carbocycles. The molecule has 2 aromatic rings. The van der Waals surface area contributed by atoms with E-state index in [4.69, 9.17) is 4.42 Å². The Bertz CT molecular complexity index is 730. The Morgan fingerprint density at radius 1 is 1.08 bits per heavy atom. The average molecular weight is 345 g/mol. The van der Waals surface area contributed by atoms with Gasteiger partial charge in [0.1, 0.15) is 5.76 Å². The zero-order valence-corrected chi connectivity index (χ0v) is 14.8. The van der Waals surface area contributed by atoms with E-state index in [2.05, 4.69) is 0 Å². The highest BCUT2D eigenvalue weighted by Gasteiger charge is 2.21. The molecule has 1 atom stereocenters. The van der Waals surface area contributed by atoms with Crippen molar-refractivity contribution in [1.82, 2.24) is 4.90 Å². The van der Waals surface area contributed by atoms with Crippen molar-refractivity contribution in [1.29, 1.82) is 0 Å². The highest BCUT2D eigenvalue weighted by atomic mass is 32.2. The molecule has 128 valence electrons. The molecule has 2 heterocycles. The smallest absolute Gasteiger partial charge is 0.289 e. The van der Waals surface area contributed by atoms with E-state index < -0.39 is 10.8 Å². The van der Waals surface area contributed by atoms with Gasteiger partial charge >= 0.3 is 0 Å². The molecule has 1 aromatic heterocycles. The van der Waals surface area contributed by atoms with Crippen LogP contribution in [0.5, 0.6) is 0 Å². The minimum absolute atomic E-state index is 0.0511. The van der Waals surface area contributed by atoms with Gasteiger partial charge in [-0.2, -0.15) is 0 Å². The standard InChI is InChI=1S/C19H23NO3S/c1-15-8-4-5-9-18(15)24(22)14-16-10-11-17(23-16)19(21)20-12-6-2-3-7-13-20/h4-5,8-11H,2-3,6-7,12-14H2,1H3. The van der Waals surface area contributed by atoms with Gasteiger partial charge in [-0.1, -0.05) is 31.0 Å². The summed E-state index contributed by atoms with van der Waals surface area (Å²) in [5, 5.41) is 0. The van der Waals surface area contributed by atoms with Crippen LogP contribution >= 0.6 is 0 Å². The Balaban J connectivity index is 1.68. The lowest BCUT2D eigenvalue weighted by Gasteiger charge is -2.18. The summed E-state index contributed by atoms with van der Waals surface area (Å²) in [6.07, 6.45) is 4.47. The van der Waals surface area contributed by atoms with E-state index in [9.17, 15) is 9.00 Å². The minimum atomic E-state index is -1.17. The van der Waals surface area contributed by atoms with Crippen LogP contribution in [0.4, 0.5) is 0 Å². The van der Waals surface area contributed by atoms with Crippen molar-refractivity contribution in [3.63, 3.8) is 0 Å². The third kappa shape index (κ3) is 3.96. The highest BCUT2D eigenvalue weighted by molar-refractivity contribution is 7.84. The van der Waals surface area contributed by atoms with Crippen LogP contribution < -0.4 is 0 Å². The van der Waals surface area contributed by atoms with Crippen LogP contribution in [0.2, 0.25) is 0 Å². The Kier molecular flexibility index (Phi) is 5.51. The van der Waals surface area contributed by atoms with Gasteiger partial charge in [-0.3, -0.25) is 9.00 Å². The van der Waals surface area contributed by atoms with Crippen molar-refractivity contribution in [3.8, 4) is 0 Å². The third-order valence-electron chi connectivity index (χ3n) is 4.38. The second kappa shape index (κ2) is 7.79. The molecule has 5 heteroatoms. The van der Waals surface area contributed by atoms with Crippen molar-refractivity contribution in [2.24, 2.45) is 0 Å². The van der Waals surface area contributed by atoms with Crippen LogP contribution in [0, 0.1) is 6.92 Å². The maximum absolute atomic E-state index is 12.5. The van der Waals surface area contributed by atoms with Gasteiger partial charge in [-0.25, -0.2) is 0 Å². The van der Waals surface area contributed by atoms with Crippen molar-refractivity contribution < 1.29 is 13.4 Å². The number of carbonyl (C=O) groups is 1. The number of amides is 1. The van der Waals surface area contributed by atoms with E-state index in [0.717, 1.165) is 36.4 Å².